The minimum Gasteiger partial charge on any atom is -0.465 e. The zero-order chi connectivity index (χ0) is 11.9. The van der Waals surface area contributed by atoms with E-state index in [1.54, 1.807) is 31.2 Å². The minimum absolute atomic E-state index is 0.561. The third-order valence-corrected chi connectivity index (χ3v) is 3.10. The molecule has 0 saturated carbocycles. The molecule has 0 heterocycles. The van der Waals surface area contributed by atoms with E-state index in [4.69, 9.17) is 5.11 Å². The van der Waals surface area contributed by atoms with Gasteiger partial charge in [0.2, 0.25) is 0 Å². The lowest BCUT2D eigenvalue weighted by Gasteiger charge is -2.29. The molecule has 16 heavy (non-hydrogen) atoms. The first-order valence-electron chi connectivity index (χ1n) is 4.93. The Bertz CT molecular complexity index is 434. The Morgan fingerprint density at radius 1 is 1.38 bits per heavy atom. The number of fused-ring (bicyclic) bond motifs is 1. The molecule has 4 N–H and O–H groups in total. The minimum atomic E-state index is -1.23. The number of amides is 1. The number of aliphatic hydroxyl groups excluding tert-OH is 2. The number of benzene rings is 1. The number of carboxylic acid groups (broad SMARTS) is 1. The highest BCUT2D eigenvalue weighted by Gasteiger charge is 2.48. The maximum Gasteiger partial charge on any atom is 0.405 e. The van der Waals surface area contributed by atoms with Gasteiger partial charge in [-0.25, -0.2) is 4.79 Å². The van der Waals surface area contributed by atoms with Gasteiger partial charge in [0.25, 0.3) is 0 Å². The van der Waals surface area contributed by atoms with Gasteiger partial charge in [-0.3, -0.25) is 0 Å². The molecule has 0 spiro atoms. The highest BCUT2D eigenvalue weighted by Crippen LogP contribution is 2.42. The molecule has 1 unspecified atom stereocenters. The standard InChI is InChI=1S/C11H13NO4/c1-11(12-10(15)16)7-5-3-2-4-6(7)8(13)9(11)14/h2-5,8-9,12-14H,1H3,(H,15,16)/t8-,9-,11?/m0/s1. The third kappa shape index (κ3) is 1.36. The van der Waals surface area contributed by atoms with Crippen molar-refractivity contribution in [1.29, 1.82) is 0 Å². The zero-order valence-corrected chi connectivity index (χ0v) is 8.71. The number of aliphatic hydroxyl groups is 2. The first-order chi connectivity index (χ1) is 7.47. The van der Waals surface area contributed by atoms with Crippen LogP contribution in [0.4, 0.5) is 4.79 Å². The molecule has 1 aliphatic carbocycles. The second kappa shape index (κ2) is 3.47. The molecule has 0 fully saturated rings. The van der Waals surface area contributed by atoms with Gasteiger partial charge in [0.05, 0.1) is 5.54 Å². The molecule has 0 aromatic heterocycles. The lowest BCUT2D eigenvalue weighted by molar-refractivity contribution is -0.0188. The molecule has 1 aromatic carbocycles. The van der Waals surface area contributed by atoms with Crippen molar-refractivity contribution < 1.29 is 20.1 Å². The summed E-state index contributed by atoms with van der Waals surface area (Å²) in [7, 11) is 0. The highest BCUT2D eigenvalue weighted by atomic mass is 16.4. The Morgan fingerprint density at radius 3 is 2.62 bits per heavy atom. The fourth-order valence-electron chi connectivity index (χ4n) is 2.24. The summed E-state index contributed by atoms with van der Waals surface area (Å²) in [6.45, 7) is 1.56. The Kier molecular flexibility index (Phi) is 2.36. The quantitative estimate of drug-likeness (QED) is 0.560. The molecule has 1 aliphatic rings. The van der Waals surface area contributed by atoms with Crippen molar-refractivity contribution in [2.75, 3.05) is 0 Å². The van der Waals surface area contributed by atoms with Gasteiger partial charge in [-0.2, -0.15) is 0 Å². The van der Waals surface area contributed by atoms with Crippen LogP contribution in [-0.2, 0) is 5.54 Å². The van der Waals surface area contributed by atoms with E-state index in [-0.39, 0.29) is 0 Å². The molecule has 1 aromatic rings. The Balaban J connectivity index is 2.51. The van der Waals surface area contributed by atoms with Crippen molar-refractivity contribution in [3.8, 4) is 0 Å². The summed E-state index contributed by atoms with van der Waals surface area (Å²) in [5.74, 6) is 0. The zero-order valence-electron chi connectivity index (χ0n) is 8.71. The van der Waals surface area contributed by atoms with Gasteiger partial charge in [0, 0.05) is 0 Å². The van der Waals surface area contributed by atoms with Gasteiger partial charge < -0.3 is 20.6 Å². The molecule has 0 bridgehead atoms. The number of hydrogen-bond donors (Lipinski definition) is 4. The van der Waals surface area contributed by atoms with Crippen LogP contribution in [0.1, 0.15) is 24.2 Å². The second-order valence-electron chi connectivity index (χ2n) is 4.11. The monoisotopic (exact) mass is 223 g/mol. The van der Waals surface area contributed by atoms with Crippen LogP contribution in [0.5, 0.6) is 0 Å². The molecule has 86 valence electrons. The smallest absolute Gasteiger partial charge is 0.405 e. The lowest BCUT2D eigenvalue weighted by atomic mass is 9.92. The number of nitrogens with one attached hydrogen (secondary N) is 1. The molecular weight excluding hydrogens is 210 g/mol. The van der Waals surface area contributed by atoms with E-state index in [1.807, 2.05) is 0 Å². The fraction of sp³-hybridized carbons (Fsp3) is 0.364. The topological polar surface area (TPSA) is 89.8 Å². The van der Waals surface area contributed by atoms with Crippen molar-refractivity contribution in [1.82, 2.24) is 5.32 Å². The van der Waals surface area contributed by atoms with Crippen molar-refractivity contribution in [3.05, 3.63) is 35.4 Å². The summed E-state index contributed by atoms with van der Waals surface area (Å²) >= 11 is 0. The number of rotatable bonds is 1. The van der Waals surface area contributed by atoms with E-state index in [9.17, 15) is 15.0 Å². The predicted molar refractivity (Wildman–Crippen MR) is 55.9 cm³/mol. The van der Waals surface area contributed by atoms with Crippen molar-refractivity contribution in [3.63, 3.8) is 0 Å². The maximum absolute atomic E-state index is 10.7. The largest absolute Gasteiger partial charge is 0.465 e. The summed E-state index contributed by atoms with van der Waals surface area (Å²) in [5, 5.41) is 30.8. The van der Waals surface area contributed by atoms with Gasteiger partial charge in [-0.15, -0.1) is 0 Å². The number of hydrogen-bond acceptors (Lipinski definition) is 3. The molecule has 0 radical (unpaired) electrons. The third-order valence-electron chi connectivity index (χ3n) is 3.10. The van der Waals surface area contributed by atoms with Crippen molar-refractivity contribution >= 4 is 6.09 Å². The Hall–Kier alpha value is -1.59. The van der Waals surface area contributed by atoms with Crippen LogP contribution in [0, 0.1) is 0 Å². The summed E-state index contributed by atoms with van der Waals surface area (Å²) in [6, 6.07) is 6.86. The summed E-state index contributed by atoms with van der Waals surface area (Å²) in [4.78, 5) is 10.7. The molecule has 0 aliphatic heterocycles. The van der Waals surface area contributed by atoms with Crippen LogP contribution in [0.3, 0.4) is 0 Å². The summed E-state index contributed by atoms with van der Waals surface area (Å²) < 4.78 is 0. The van der Waals surface area contributed by atoms with Gasteiger partial charge in [0.1, 0.15) is 12.2 Å². The van der Waals surface area contributed by atoms with E-state index in [1.165, 1.54) is 0 Å². The predicted octanol–water partition coefficient (Wildman–Crippen LogP) is 0.577. The first kappa shape index (κ1) is 10.9. The molecule has 1 amide bonds. The van der Waals surface area contributed by atoms with E-state index in [2.05, 4.69) is 5.32 Å². The number of carbonyl (C=O) groups is 1. The second-order valence-corrected chi connectivity index (χ2v) is 4.11. The van der Waals surface area contributed by atoms with Crippen molar-refractivity contribution in [2.45, 2.75) is 24.7 Å². The van der Waals surface area contributed by atoms with Gasteiger partial charge in [0.15, 0.2) is 0 Å². The average molecular weight is 223 g/mol. The van der Waals surface area contributed by atoms with Gasteiger partial charge in [-0.1, -0.05) is 24.3 Å². The fourth-order valence-corrected chi connectivity index (χ4v) is 2.24. The summed E-state index contributed by atoms with van der Waals surface area (Å²) in [5.41, 5.74) is 0.00521. The van der Waals surface area contributed by atoms with E-state index in [0.717, 1.165) is 0 Å². The molecular formula is C11H13NO4. The molecule has 2 rings (SSSR count). The molecule has 5 heteroatoms. The Morgan fingerprint density at radius 2 is 2.00 bits per heavy atom. The normalized spacial score (nSPS) is 32.2. The lowest BCUT2D eigenvalue weighted by Crippen LogP contribution is -2.49. The highest BCUT2D eigenvalue weighted by molar-refractivity contribution is 5.67. The van der Waals surface area contributed by atoms with Crippen LogP contribution < -0.4 is 5.32 Å². The average Bonchev–Trinajstić information content (AvgIpc) is 2.42. The maximum atomic E-state index is 10.7. The van der Waals surface area contributed by atoms with Crippen LogP contribution in [0.25, 0.3) is 0 Å². The van der Waals surface area contributed by atoms with Crippen LogP contribution >= 0.6 is 0 Å². The molecule has 0 saturated heterocycles. The van der Waals surface area contributed by atoms with Crippen LogP contribution in [0.2, 0.25) is 0 Å². The van der Waals surface area contributed by atoms with Crippen LogP contribution in [-0.4, -0.2) is 27.5 Å². The van der Waals surface area contributed by atoms with E-state index >= 15 is 0 Å². The van der Waals surface area contributed by atoms with Crippen LogP contribution in [0.15, 0.2) is 24.3 Å². The first-order valence-corrected chi connectivity index (χ1v) is 4.93. The van der Waals surface area contributed by atoms with E-state index < -0.39 is 23.8 Å². The van der Waals surface area contributed by atoms with Gasteiger partial charge in [-0.05, 0) is 18.1 Å². The summed E-state index contributed by atoms with van der Waals surface area (Å²) in [6.07, 6.45) is -3.47. The molecule has 5 nitrogen and oxygen atoms in total. The van der Waals surface area contributed by atoms with Crippen molar-refractivity contribution in [2.24, 2.45) is 0 Å². The van der Waals surface area contributed by atoms with E-state index in [0.29, 0.717) is 11.1 Å². The SMILES string of the molecule is CC1(NC(=O)O)c2ccccc2[C@H](O)[C@@H]1O. The van der Waals surface area contributed by atoms with Gasteiger partial charge >= 0.3 is 6.09 Å². The Labute approximate surface area is 92.3 Å². The molecule has 3 atom stereocenters.